The maximum atomic E-state index is 11.3. The minimum absolute atomic E-state index is 0.0158. The van der Waals surface area contributed by atoms with E-state index in [-0.39, 0.29) is 5.78 Å². The van der Waals surface area contributed by atoms with Crippen LogP contribution in [0.15, 0.2) is 24.3 Å². The van der Waals surface area contributed by atoms with Gasteiger partial charge in [-0.05, 0) is 31.5 Å². The standard InChI is InChI=1S/C12H16O3/c1-4-15-12(9(2)13)10-5-7-11(14-3)8-6-10/h5-8,12H,4H2,1-3H3/t12-/m0/s1. The lowest BCUT2D eigenvalue weighted by atomic mass is 10.1. The second-order valence-electron chi connectivity index (χ2n) is 3.22. The van der Waals surface area contributed by atoms with Crippen LogP contribution in [0.4, 0.5) is 0 Å². The van der Waals surface area contributed by atoms with Gasteiger partial charge in [0.25, 0.3) is 0 Å². The molecule has 0 radical (unpaired) electrons. The fourth-order valence-electron chi connectivity index (χ4n) is 1.39. The number of benzene rings is 1. The van der Waals surface area contributed by atoms with Crippen molar-refractivity contribution in [1.29, 1.82) is 0 Å². The van der Waals surface area contributed by atoms with E-state index in [1.54, 1.807) is 7.11 Å². The molecule has 0 aliphatic carbocycles. The summed E-state index contributed by atoms with van der Waals surface area (Å²) in [4.78, 5) is 11.3. The van der Waals surface area contributed by atoms with Crippen LogP contribution in [0.1, 0.15) is 25.5 Å². The van der Waals surface area contributed by atoms with Gasteiger partial charge in [0.2, 0.25) is 0 Å². The van der Waals surface area contributed by atoms with E-state index in [0.717, 1.165) is 11.3 Å². The van der Waals surface area contributed by atoms with E-state index in [2.05, 4.69) is 0 Å². The van der Waals surface area contributed by atoms with Crippen molar-refractivity contribution in [3.8, 4) is 5.75 Å². The number of carbonyl (C=O) groups excluding carboxylic acids is 1. The van der Waals surface area contributed by atoms with Gasteiger partial charge in [-0.2, -0.15) is 0 Å². The first-order valence-electron chi connectivity index (χ1n) is 4.95. The summed E-state index contributed by atoms with van der Waals surface area (Å²) in [5.74, 6) is 0.791. The smallest absolute Gasteiger partial charge is 0.163 e. The van der Waals surface area contributed by atoms with Crippen LogP contribution < -0.4 is 4.74 Å². The summed E-state index contributed by atoms with van der Waals surface area (Å²) in [6.45, 7) is 3.93. The first-order valence-corrected chi connectivity index (χ1v) is 4.95. The third-order valence-electron chi connectivity index (χ3n) is 2.12. The molecule has 0 N–H and O–H groups in total. The zero-order chi connectivity index (χ0) is 11.3. The molecule has 1 rings (SSSR count). The van der Waals surface area contributed by atoms with Gasteiger partial charge in [0.1, 0.15) is 11.9 Å². The van der Waals surface area contributed by atoms with E-state index in [1.165, 1.54) is 6.92 Å². The number of rotatable bonds is 5. The fourth-order valence-corrected chi connectivity index (χ4v) is 1.39. The minimum atomic E-state index is -0.457. The second kappa shape index (κ2) is 5.51. The molecule has 0 aliphatic heterocycles. The van der Waals surface area contributed by atoms with Crippen LogP contribution in [-0.2, 0) is 9.53 Å². The van der Waals surface area contributed by atoms with Crippen molar-refractivity contribution in [2.45, 2.75) is 20.0 Å². The van der Waals surface area contributed by atoms with Gasteiger partial charge in [-0.25, -0.2) is 0 Å². The summed E-state index contributed by atoms with van der Waals surface area (Å²) in [6.07, 6.45) is -0.457. The van der Waals surface area contributed by atoms with Crippen molar-refractivity contribution in [3.05, 3.63) is 29.8 Å². The molecule has 1 aromatic rings. The minimum Gasteiger partial charge on any atom is -0.497 e. The molecule has 0 unspecified atom stereocenters. The maximum absolute atomic E-state index is 11.3. The van der Waals surface area contributed by atoms with Crippen molar-refractivity contribution in [2.24, 2.45) is 0 Å². The van der Waals surface area contributed by atoms with E-state index in [9.17, 15) is 4.79 Å². The van der Waals surface area contributed by atoms with Gasteiger partial charge in [-0.1, -0.05) is 12.1 Å². The lowest BCUT2D eigenvalue weighted by Gasteiger charge is -2.14. The molecule has 0 fully saturated rings. The van der Waals surface area contributed by atoms with Gasteiger partial charge in [-0.15, -0.1) is 0 Å². The summed E-state index contributed by atoms with van der Waals surface area (Å²) < 4.78 is 10.4. The molecule has 0 amide bonds. The molecule has 3 heteroatoms. The zero-order valence-corrected chi connectivity index (χ0v) is 9.32. The van der Waals surface area contributed by atoms with Crippen molar-refractivity contribution in [3.63, 3.8) is 0 Å². The predicted octanol–water partition coefficient (Wildman–Crippen LogP) is 2.36. The Kier molecular flexibility index (Phi) is 4.31. The molecule has 1 atom stereocenters. The average Bonchev–Trinajstić information content (AvgIpc) is 2.26. The van der Waals surface area contributed by atoms with Gasteiger partial charge >= 0.3 is 0 Å². The van der Waals surface area contributed by atoms with Crippen LogP contribution in [-0.4, -0.2) is 19.5 Å². The highest BCUT2D eigenvalue weighted by Gasteiger charge is 2.16. The van der Waals surface area contributed by atoms with E-state index in [4.69, 9.17) is 9.47 Å². The van der Waals surface area contributed by atoms with Gasteiger partial charge in [-0.3, -0.25) is 4.79 Å². The molecule has 0 aromatic heterocycles. The summed E-state index contributed by atoms with van der Waals surface area (Å²) in [5, 5.41) is 0. The van der Waals surface area contributed by atoms with Crippen molar-refractivity contribution in [2.75, 3.05) is 13.7 Å². The molecular formula is C12H16O3. The molecule has 0 saturated heterocycles. The molecule has 1 aromatic carbocycles. The topological polar surface area (TPSA) is 35.5 Å². The van der Waals surface area contributed by atoms with E-state index in [1.807, 2.05) is 31.2 Å². The van der Waals surface area contributed by atoms with Gasteiger partial charge in [0, 0.05) is 6.61 Å². The maximum Gasteiger partial charge on any atom is 0.163 e. The van der Waals surface area contributed by atoms with E-state index < -0.39 is 6.10 Å². The Labute approximate surface area is 90.0 Å². The zero-order valence-electron chi connectivity index (χ0n) is 9.32. The highest BCUT2D eigenvalue weighted by Crippen LogP contribution is 2.21. The number of hydrogen-bond acceptors (Lipinski definition) is 3. The Bertz CT molecular complexity index is 316. The monoisotopic (exact) mass is 208 g/mol. The number of methoxy groups -OCH3 is 1. The summed E-state index contributed by atoms with van der Waals surface area (Å²) in [5.41, 5.74) is 0.866. The molecule has 0 spiro atoms. The number of ether oxygens (including phenoxy) is 2. The SMILES string of the molecule is CCO[C@@H](C(C)=O)c1ccc(OC)cc1. The van der Waals surface area contributed by atoms with Crippen LogP contribution in [0.5, 0.6) is 5.75 Å². The van der Waals surface area contributed by atoms with Crippen LogP contribution in [0, 0.1) is 0 Å². The normalized spacial score (nSPS) is 12.2. The summed E-state index contributed by atoms with van der Waals surface area (Å²) >= 11 is 0. The third-order valence-corrected chi connectivity index (χ3v) is 2.12. The Morgan fingerprint density at radius 2 is 1.93 bits per heavy atom. The Morgan fingerprint density at radius 3 is 2.33 bits per heavy atom. The predicted molar refractivity (Wildman–Crippen MR) is 58.0 cm³/mol. The first-order chi connectivity index (χ1) is 7.19. The molecule has 15 heavy (non-hydrogen) atoms. The van der Waals surface area contributed by atoms with Crippen molar-refractivity contribution >= 4 is 5.78 Å². The molecular weight excluding hydrogens is 192 g/mol. The highest BCUT2D eigenvalue weighted by molar-refractivity contribution is 5.81. The summed E-state index contributed by atoms with van der Waals surface area (Å²) in [6, 6.07) is 7.34. The Hall–Kier alpha value is -1.35. The van der Waals surface area contributed by atoms with Crippen molar-refractivity contribution < 1.29 is 14.3 Å². The van der Waals surface area contributed by atoms with Crippen LogP contribution in [0.2, 0.25) is 0 Å². The lowest BCUT2D eigenvalue weighted by Crippen LogP contribution is -2.12. The molecule has 0 saturated carbocycles. The van der Waals surface area contributed by atoms with Crippen LogP contribution in [0.25, 0.3) is 0 Å². The summed E-state index contributed by atoms with van der Waals surface area (Å²) in [7, 11) is 1.61. The largest absolute Gasteiger partial charge is 0.497 e. The Balaban J connectivity index is 2.86. The molecule has 0 heterocycles. The van der Waals surface area contributed by atoms with Crippen LogP contribution in [0.3, 0.4) is 0 Å². The van der Waals surface area contributed by atoms with Crippen LogP contribution >= 0.6 is 0 Å². The Morgan fingerprint density at radius 1 is 1.33 bits per heavy atom. The molecule has 3 nitrogen and oxygen atoms in total. The van der Waals surface area contributed by atoms with E-state index >= 15 is 0 Å². The molecule has 0 aliphatic rings. The molecule has 82 valence electrons. The second-order valence-corrected chi connectivity index (χ2v) is 3.22. The highest BCUT2D eigenvalue weighted by atomic mass is 16.5. The lowest BCUT2D eigenvalue weighted by molar-refractivity contribution is -0.128. The quantitative estimate of drug-likeness (QED) is 0.745. The molecule has 0 bridgehead atoms. The van der Waals surface area contributed by atoms with Gasteiger partial charge in [0.05, 0.1) is 7.11 Å². The van der Waals surface area contributed by atoms with Crippen molar-refractivity contribution in [1.82, 2.24) is 0 Å². The third kappa shape index (κ3) is 3.06. The fraction of sp³-hybridized carbons (Fsp3) is 0.417. The number of Topliss-reactive ketones (excluding diaryl/α,β-unsaturated/α-hetero) is 1. The number of carbonyl (C=O) groups is 1. The van der Waals surface area contributed by atoms with E-state index in [0.29, 0.717) is 6.61 Å². The van der Waals surface area contributed by atoms with Gasteiger partial charge in [0.15, 0.2) is 5.78 Å². The van der Waals surface area contributed by atoms with Gasteiger partial charge < -0.3 is 9.47 Å². The number of ketones is 1. The first kappa shape index (κ1) is 11.7. The number of hydrogen-bond donors (Lipinski definition) is 0. The average molecular weight is 208 g/mol.